The zero-order chi connectivity index (χ0) is 35.2. The van der Waals surface area contributed by atoms with Crippen LogP contribution in [0.1, 0.15) is 6.85 Å². The largest absolute Gasteiger partial charge is 0.501 e. The molecule has 0 aliphatic heterocycles. The summed E-state index contributed by atoms with van der Waals surface area (Å²) in [5.41, 5.74) is 5.39. The molecule has 0 aliphatic rings. The van der Waals surface area contributed by atoms with Gasteiger partial charge in [0.15, 0.2) is 0 Å². The summed E-state index contributed by atoms with van der Waals surface area (Å²) in [4.78, 5) is 9.13. The van der Waals surface area contributed by atoms with Gasteiger partial charge in [-0.2, -0.15) is 0 Å². The number of nitrogens with zero attached hydrogens (tertiary/aromatic N) is 2. The van der Waals surface area contributed by atoms with Crippen LogP contribution in [-0.2, 0) is 20.1 Å². The Morgan fingerprint density at radius 1 is 0.674 bits per heavy atom. The first-order valence-electron chi connectivity index (χ1n) is 17.2. The molecule has 1 radical (unpaired) electrons. The minimum Gasteiger partial charge on any atom is -0.501 e. The number of rotatable bonds is 4. The Bertz CT molecular complexity index is 2510. The van der Waals surface area contributed by atoms with Gasteiger partial charge >= 0.3 is 0 Å². The predicted molar refractivity (Wildman–Crippen MR) is 190 cm³/mol. The second kappa shape index (κ2) is 13.4. The third kappa shape index (κ3) is 6.49. The Hall–Kier alpha value is -4.67. The van der Waals surface area contributed by atoms with Crippen molar-refractivity contribution in [3.05, 3.63) is 152 Å². The average Bonchev–Trinajstić information content (AvgIpc) is 3.51. The topological polar surface area (TPSA) is 38.9 Å². The minimum absolute atomic E-state index is 0. The summed E-state index contributed by atoms with van der Waals surface area (Å²) in [6, 6.07) is 36.2. The van der Waals surface area contributed by atoms with E-state index in [0.29, 0.717) is 16.7 Å². The summed E-state index contributed by atoms with van der Waals surface area (Å²) in [6.07, 6.45) is 3.85. The third-order valence-corrected chi connectivity index (χ3v) is 9.75. The van der Waals surface area contributed by atoms with E-state index in [1.54, 1.807) is 12.1 Å². The molecule has 0 N–H and O–H groups in total. The Kier molecular flexibility index (Phi) is 7.41. The summed E-state index contributed by atoms with van der Waals surface area (Å²) in [5.74, 6) is 0. The molecule has 5 aromatic carbocycles. The number of pyridine rings is 2. The van der Waals surface area contributed by atoms with Crippen molar-refractivity contribution in [1.29, 1.82) is 0 Å². The van der Waals surface area contributed by atoms with E-state index in [2.05, 4.69) is 53.9 Å². The van der Waals surface area contributed by atoms with E-state index < -0.39 is 14.1 Å². The zero-order valence-electron chi connectivity index (χ0n) is 30.5. The standard InChI is InChI=1S/C27H16NO.C14H16NSi.Ir/c1-2-7-18(8-3-1)20-13-14-22-23-11-6-12-24(27(23)29-26(22)16-20)25-15-19-9-4-5-10-21(19)17-28-25;1-16(2,3)13-9-10-14(15-11-13)12-7-5-4-6-8-12;/h1-11,13-17H;4-7,9-11H,1-3H3;/q2*-1;/i1D,2D,3D,7D,8D;;. The summed E-state index contributed by atoms with van der Waals surface area (Å²) in [6.45, 7) is 7.00. The molecule has 0 aliphatic carbocycles. The number of aromatic nitrogens is 2. The fourth-order valence-corrected chi connectivity index (χ4v) is 6.29. The van der Waals surface area contributed by atoms with E-state index in [4.69, 9.17) is 11.3 Å². The number of hydrogen-bond donors (Lipinski definition) is 0. The number of fused-ring (bicyclic) bond motifs is 4. The molecule has 0 atom stereocenters. The second-order valence-corrected chi connectivity index (χ2v) is 16.9. The maximum Gasteiger partial charge on any atom is 0.121 e. The van der Waals surface area contributed by atoms with Gasteiger partial charge < -0.3 is 14.4 Å². The first-order valence-corrected chi connectivity index (χ1v) is 18.2. The Morgan fingerprint density at radius 2 is 1.46 bits per heavy atom. The molecule has 8 aromatic rings. The van der Waals surface area contributed by atoms with Crippen LogP contribution in [0.3, 0.4) is 0 Å². The van der Waals surface area contributed by atoms with Crippen LogP contribution in [0.5, 0.6) is 0 Å². The molecule has 3 heterocycles. The molecule has 3 nitrogen and oxygen atoms in total. The van der Waals surface area contributed by atoms with Gasteiger partial charge in [-0.3, -0.25) is 0 Å². The van der Waals surface area contributed by atoms with Crippen molar-refractivity contribution in [2.45, 2.75) is 19.6 Å². The van der Waals surface area contributed by atoms with Crippen molar-refractivity contribution in [1.82, 2.24) is 9.97 Å². The number of hydrogen-bond acceptors (Lipinski definition) is 3. The Morgan fingerprint density at radius 3 is 2.20 bits per heavy atom. The molecule has 46 heavy (non-hydrogen) atoms. The maximum atomic E-state index is 8.28. The van der Waals surface area contributed by atoms with Gasteiger partial charge in [0.1, 0.15) is 5.58 Å². The molecule has 5 heteroatoms. The summed E-state index contributed by atoms with van der Waals surface area (Å²) >= 11 is 0. The fraction of sp³-hybridized carbons (Fsp3) is 0.0732. The van der Waals surface area contributed by atoms with Gasteiger partial charge in [0.2, 0.25) is 0 Å². The normalized spacial score (nSPS) is 12.7. The van der Waals surface area contributed by atoms with Crippen molar-refractivity contribution in [2.75, 3.05) is 0 Å². The predicted octanol–water partition coefficient (Wildman–Crippen LogP) is 10.4. The van der Waals surface area contributed by atoms with E-state index in [1.165, 1.54) is 5.19 Å². The van der Waals surface area contributed by atoms with Gasteiger partial charge in [-0.25, -0.2) is 0 Å². The number of furan rings is 1. The van der Waals surface area contributed by atoms with Crippen LogP contribution < -0.4 is 5.19 Å². The van der Waals surface area contributed by atoms with Crippen LogP contribution in [0.4, 0.5) is 0 Å². The molecule has 8 rings (SSSR count). The van der Waals surface area contributed by atoms with Crippen molar-refractivity contribution in [3.8, 4) is 33.6 Å². The molecule has 0 fully saturated rings. The van der Waals surface area contributed by atoms with Gasteiger partial charge in [-0.05, 0) is 44.5 Å². The van der Waals surface area contributed by atoms with Crippen LogP contribution in [0.2, 0.25) is 19.6 Å². The van der Waals surface area contributed by atoms with Crippen LogP contribution in [0, 0.1) is 12.1 Å². The second-order valence-electron chi connectivity index (χ2n) is 11.8. The Labute approximate surface area is 291 Å². The van der Waals surface area contributed by atoms with Crippen molar-refractivity contribution < 1.29 is 31.4 Å². The zero-order valence-corrected chi connectivity index (χ0v) is 28.9. The monoisotopic (exact) mass is 794 g/mol. The van der Waals surface area contributed by atoms with E-state index in [-0.39, 0.29) is 49.8 Å². The molecule has 227 valence electrons. The fourth-order valence-electron chi connectivity index (χ4n) is 5.25. The van der Waals surface area contributed by atoms with E-state index in [1.807, 2.05) is 85.2 Å². The Balaban J connectivity index is 0.000000222. The van der Waals surface area contributed by atoms with Crippen molar-refractivity contribution in [2.24, 2.45) is 0 Å². The average molecular weight is 794 g/mol. The molecule has 0 saturated carbocycles. The van der Waals surface area contributed by atoms with E-state index >= 15 is 0 Å². The summed E-state index contributed by atoms with van der Waals surface area (Å²) < 4.78 is 46.6. The van der Waals surface area contributed by atoms with E-state index in [9.17, 15) is 0 Å². The van der Waals surface area contributed by atoms with Crippen molar-refractivity contribution >= 4 is 46.0 Å². The molecule has 0 saturated heterocycles. The quantitative estimate of drug-likeness (QED) is 0.132. The molecule has 0 bridgehead atoms. The van der Waals surface area contributed by atoms with Crippen LogP contribution in [0.25, 0.3) is 66.4 Å². The first kappa shape index (κ1) is 25.5. The maximum absolute atomic E-state index is 8.28. The summed E-state index contributed by atoms with van der Waals surface area (Å²) in [5, 5.41) is 5.27. The summed E-state index contributed by atoms with van der Waals surface area (Å²) in [7, 11) is -1.23. The van der Waals surface area contributed by atoms with Gasteiger partial charge in [-0.1, -0.05) is 115 Å². The van der Waals surface area contributed by atoms with Crippen LogP contribution in [0.15, 0.2) is 144 Å². The smallest absolute Gasteiger partial charge is 0.121 e. The van der Waals surface area contributed by atoms with Crippen LogP contribution in [-0.4, -0.2) is 18.0 Å². The molecule has 3 aromatic heterocycles. The molecule has 0 unspecified atom stereocenters. The molecular formula is C41H32IrN2OSi-2. The van der Waals surface area contributed by atoms with Gasteiger partial charge in [0.25, 0.3) is 0 Å². The SMILES string of the molecule is C[Si](C)(C)c1ccc(-c2[c-]cccc2)nc1.[2H]c1c([2H])c([2H])c(-c2ccc3c(c2)oc2c(-c4cc5ccccc5cn4)[c-]ccc23)c([2H])c1[2H].[Ir]. The molecule has 0 spiro atoms. The minimum atomic E-state index is -1.23. The number of benzene rings is 5. The third-order valence-electron chi connectivity index (χ3n) is 7.72. The van der Waals surface area contributed by atoms with Gasteiger partial charge in [0, 0.05) is 37.9 Å². The van der Waals surface area contributed by atoms with Gasteiger partial charge in [0.05, 0.1) is 20.5 Å². The van der Waals surface area contributed by atoms with E-state index in [0.717, 1.165) is 44.1 Å². The molecule has 0 amide bonds. The van der Waals surface area contributed by atoms with Crippen LogP contribution >= 0.6 is 0 Å². The first-order chi connectivity index (χ1) is 24.0. The van der Waals surface area contributed by atoms with Gasteiger partial charge in [-0.15, -0.1) is 54.1 Å². The molecular weight excluding hydrogens is 757 g/mol. The van der Waals surface area contributed by atoms with Crippen molar-refractivity contribution in [3.63, 3.8) is 0 Å².